The number of allylic oxidation sites excluding steroid dienone is 1. The molecule has 0 bridgehead atoms. The minimum Gasteiger partial charge on any atom is -0.393 e. The van der Waals surface area contributed by atoms with Crippen LogP contribution in [-0.4, -0.2) is 29.1 Å². The van der Waals surface area contributed by atoms with E-state index in [2.05, 4.69) is 21.2 Å². The zero-order chi connectivity index (χ0) is 18.1. The van der Waals surface area contributed by atoms with Gasteiger partial charge in [-0.25, -0.2) is 9.18 Å². The maximum absolute atomic E-state index is 13.4. The average molecular weight is 409 g/mol. The van der Waals surface area contributed by atoms with Crippen molar-refractivity contribution in [2.75, 3.05) is 6.54 Å². The Balaban J connectivity index is 1.95. The number of hydrogen-bond acceptors (Lipinski definition) is 3. The molecule has 10 heteroatoms. The van der Waals surface area contributed by atoms with Gasteiger partial charge in [-0.1, -0.05) is 6.07 Å². The first-order valence-electron chi connectivity index (χ1n) is 6.53. The van der Waals surface area contributed by atoms with Crippen molar-refractivity contribution in [2.24, 2.45) is 5.73 Å². The van der Waals surface area contributed by atoms with E-state index in [9.17, 15) is 27.2 Å². The highest BCUT2D eigenvalue weighted by Crippen LogP contribution is 2.31. The molecule has 128 valence electrons. The van der Waals surface area contributed by atoms with Crippen LogP contribution in [0.3, 0.4) is 0 Å². The summed E-state index contributed by atoms with van der Waals surface area (Å²) in [5, 5.41) is 2.39. The Labute approximate surface area is 142 Å². The quantitative estimate of drug-likeness (QED) is 0.587. The second-order valence-electron chi connectivity index (χ2n) is 4.92. The van der Waals surface area contributed by atoms with Crippen molar-refractivity contribution in [2.45, 2.75) is 12.7 Å². The summed E-state index contributed by atoms with van der Waals surface area (Å²) in [7, 11) is 0. The molecule has 0 saturated carbocycles. The van der Waals surface area contributed by atoms with Gasteiger partial charge in [0.25, 0.3) is 5.91 Å². The van der Waals surface area contributed by atoms with Crippen LogP contribution in [0.2, 0.25) is 0 Å². The molecule has 5 nitrogen and oxygen atoms in total. The van der Waals surface area contributed by atoms with Gasteiger partial charge in [0.15, 0.2) is 10.7 Å². The van der Waals surface area contributed by atoms with E-state index in [0.29, 0.717) is 12.1 Å². The Morgan fingerprint density at radius 2 is 2.00 bits per heavy atom. The van der Waals surface area contributed by atoms with Crippen molar-refractivity contribution in [1.82, 2.24) is 5.32 Å². The zero-order valence-corrected chi connectivity index (χ0v) is 13.5. The first kappa shape index (κ1) is 18.1. The number of alkyl halides is 3. The van der Waals surface area contributed by atoms with Crippen LogP contribution < -0.4 is 11.1 Å². The maximum Gasteiger partial charge on any atom is 0.429 e. The van der Waals surface area contributed by atoms with Gasteiger partial charge in [-0.3, -0.25) is 4.79 Å². The molecular formula is C14H11BrF4N3O2+. The van der Waals surface area contributed by atoms with Crippen LogP contribution in [0.1, 0.15) is 11.1 Å². The Hall–Kier alpha value is -2.23. The van der Waals surface area contributed by atoms with E-state index in [0.717, 1.165) is 10.6 Å². The minimum absolute atomic E-state index is 0.139. The van der Waals surface area contributed by atoms with Crippen LogP contribution in [0.4, 0.5) is 17.6 Å². The highest BCUT2D eigenvalue weighted by atomic mass is 79.9. The lowest BCUT2D eigenvalue weighted by molar-refractivity contribution is -0.426. The van der Waals surface area contributed by atoms with Gasteiger partial charge in [-0.05, 0) is 33.6 Å². The fraction of sp³-hybridized carbons (Fsp3) is 0.214. The van der Waals surface area contributed by atoms with Crippen LogP contribution in [0, 0.1) is 5.82 Å². The van der Waals surface area contributed by atoms with Gasteiger partial charge < -0.3 is 11.1 Å². The van der Waals surface area contributed by atoms with E-state index in [1.807, 2.05) is 0 Å². The SMILES string of the molecule is NC1=C(Br)C(=O)[N+](CC(=O)NCc2ccc(C(F)(F)F)c(F)c2)=C1. The van der Waals surface area contributed by atoms with E-state index in [-0.39, 0.29) is 28.8 Å². The van der Waals surface area contributed by atoms with E-state index in [1.54, 1.807) is 0 Å². The largest absolute Gasteiger partial charge is 0.429 e. The second-order valence-corrected chi connectivity index (χ2v) is 5.71. The van der Waals surface area contributed by atoms with E-state index < -0.39 is 29.4 Å². The lowest BCUT2D eigenvalue weighted by Gasteiger charge is -2.09. The molecule has 0 aliphatic carbocycles. The number of hydrogen-bond donors (Lipinski definition) is 2. The summed E-state index contributed by atoms with van der Waals surface area (Å²) in [5.74, 6) is -2.48. The lowest BCUT2D eigenvalue weighted by Crippen LogP contribution is -2.33. The molecule has 1 aromatic carbocycles. The molecule has 0 saturated heterocycles. The molecule has 0 fully saturated rings. The van der Waals surface area contributed by atoms with Crippen molar-refractivity contribution in [3.05, 3.63) is 45.3 Å². The van der Waals surface area contributed by atoms with E-state index in [4.69, 9.17) is 5.73 Å². The van der Waals surface area contributed by atoms with Crippen LogP contribution >= 0.6 is 15.9 Å². The molecule has 2 rings (SSSR count). The van der Waals surface area contributed by atoms with Crippen molar-refractivity contribution >= 4 is 34.0 Å². The molecule has 0 atom stereocenters. The molecule has 1 aliphatic rings. The number of carbonyl (C=O) groups is 2. The summed E-state index contributed by atoms with van der Waals surface area (Å²) in [6.45, 7) is -0.502. The fourth-order valence-electron chi connectivity index (χ4n) is 1.96. The number of carbonyl (C=O) groups excluding carboxylic acids is 2. The van der Waals surface area contributed by atoms with Crippen molar-refractivity contribution in [1.29, 1.82) is 0 Å². The van der Waals surface area contributed by atoms with Gasteiger partial charge in [0.1, 0.15) is 11.5 Å². The summed E-state index contributed by atoms with van der Waals surface area (Å²) in [4.78, 5) is 23.4. The standard InChI is InChI=1S/C14H10BrF4N3O2/c15-12-10(20)5-22(13(12)24)6-11(23)21-4-7-1-2-8(9(16)3-7)14(17,18)19/h1-3,5H,4,6H2,(H2-,20,21,23,24)/p+1. The molecular weight excluding hydrogens is 398 g/mol. The van der Waals surface area contributed by atoms with Crippen molar-refractivity contribution in [3.63, 3.8) is 0 Å². The van der Waals surface area contributed by atoms with E-state index in [1.165, 1.54) is 6.21 Å². The molecule has 1 aliphatic heterocycles. The topological polar surface area (TPSA) is 75.2 Å². The average Bonchev–Trinajstić information content (AvgIpc) is 2.71. The minimum atomic E-state index is -4.78. The van der Waals surface area contributed by atoms with Gasteiger partial charge in [0, 0.05) is 6.54 Å². The predicted molar refractivity (Wildman–Crippen MR) is 79.6 cm³/mol. The Morgan fingerprint density at radius 3 is 2.50 bits per heavy atom. The van der Waals surface area contributed by atoms with Crippen molar-refractivity contribution in [3.8, 4) is 0 Å². The number of halogens is 5. The van der Waals surface area contributed by atoms with Gasteiger partial charge in [0.05, 0.1) is 5.56 Å². The third-order valence-corrected chi connectivity index (χ3v) is 3.94. The smallest absolute Gasteiger partial charge is 0.393 e. The fourth-order valence-corrected chi connectivity index (χ4v) is 2.29. The molecule has 3 N–H and O–H groups in total. The van der Waals surface area contributed by atoms with Gasteiger partial charge in [-0.2, -0.15) is 17.7 Å². The van der Waals surface area contributed by atoms with E-state index >= 15 is 0 Å². The normalized spacial score (nSPS) is 14.9. The predicted octanol–water partition coefficient (Wildman–Crippen LogP) is 1.65. The molecule has 0 unspecified atom stereocenters. The number of nitrogens with zero attached hydrogens (tertiary/aromatic N) is 1. The summed E-state index contributed by atoms with van der Waals surface area (Å²) in [5.41, 5.74) is 4.48. The number of rotatable bonds is 4. The first-order valence-corrected chi connectivity index (χ1v) is 7.32. The van der Waals surface area contributed by atoms with Gasteiger partial charge in [-0.15, -0.1) is 0 Å². The maximum atomic E-state index is 13.4. The van der Waals surface area contributed by atoms with Crippen LogP contribution in [0.15, 0.2) is 28.4 Å². The summed E-state index contributed by atoms with van der Waals surface area (Å²) >= 11 is 2.97. The highest BCUT2D eigenvalue weighted by Gasteiger charge is 2.34. The summed E-state index contributed by atoms with van der Waals surface area (Å²) < 4.78 is 52.0. The van der Waals surface area contributed by atoms with Gasteiger partial charge in [0.2, 0.25) is 6.54 Å². The molecule has 0 aromatic heterocycles. The molecule has 1 heterocycles. The molecule has 2 amide bonds. The molecule has 1 aromatic rings. The molecule has 0 spiro atoms. The van der Waals surface area contributed by atoms with Crippen molar-refractivity contribution < 1.29 is 31.7 Å². The number of nitrogens with one attached hydrogen (secondary N) is 1. The monoisotopic (exact) mass is 408 g/mol. The third-order valence-electron chi connectivity index (χ3n) is 3.14. The molecule has 24 heavy (non-hydrogen) atoms. The number of benzene rings is 1. The van der Waals surface area contributed by atoms with Crippen LogP contribution in [0.25, 0.3) is 0 Å². The zero-order valence-electron chi connectivity index (χ0n) is 12.0. The molecule has 0 radical (unpaired) electrons. The number of nitrogens with two attached hydrogens (primary N) is 1. The Kier molecular flexibility index (Phi) is 5.07. The van der Waals surface area contributed by atoms with Gasteiger partial charge >= 0.3 is 12.1 Å². The third kappa shape index (κ3) is 3.99. The summed E-state index contributed by atoms with van der Waals surface area (Å²) in [6.07, 6.45) is -3.50. The number of amides is 2. The highest BCUT2D eigenvalue weighted by molar-refractivity contribution is 9.12. The van der Waals surface area contributed by atoms with Crippen LogP contribution in [-0.2, 0) is 22.3 Å². The first-order chi connectivity index (χ1) is 11.1. The lowest BCUT2D eigenvalue weighted by atomic mass is 10.1. The summed E-state index contributed by atoms with van der Waals surface area (Å²) in [6, 6.07) is 2.37. The van der Waals surface area contributed by atoms with Crippen LogP contribution in [0.5, 0.6) is 0 Å². The Bertz CT molecular complexity index is 772. The Morgan fingerprint density at radius 1 is 1.33 bits per heavy atom. The second kappa shape index (κ2) is 6.71.